The number of nitrogens with one attached hydrogen (secondary N) is 2. The highest BCUT2D eigenvalue weighted by atomic mass is 35.5. The first-order valence-corrected chi connectivity index (χ1v) is 9.71. The van der Waals surface area contributed by atoms with Crippen molar-refractivity contribution in [1.29, 1.82) is 0 Å². The van der Waals surface area contributed by atoms with Gasteiger partial charge >= 0.3 is 0 Å². The minimum atomic E-state index is -0.156. The van der Waals surface area contributed by atoms with E-state index in [0.29, 0.717) is 16.4 Å². The normalized spacial score (nSPS) is 10.5. The third kappa shape index (κ3) is 5.37. The molecule has 3 aromatic rings. The van der Waals surface area contributed by atoms with Gasteiger partial charge in [0.2, 0.25) is 11.8 Å². The average Bonchev–Trinajstić information content (AvgIpc) is 3.03. The number of nitrogens with zero attached hydrogens (tertiary/aromatic N) is 2. The summed E-state index contributed by atoms with van der Waals surface area (Å²) in [6.45, 7) is 1.45. The molecule has 1 aromatic heterocycles. The largest absolute Gasteiger partial charge is 0.329 e. The van der Waals surface area contributed by atoms with E-state index in [1.165, 1.54) is 18.7 Å². The number of hydrogen-bond donors (Lipinski definition) is 2. The van der Waals surface area contributed by atoms with Crippen molar-refractivity contribution in [3.8, 4) is 0 Å². The average molecular weight is 415 g/mol. The van der Waals surface area contributed by atoms with Gasteiger partial charge in [-0.05, 0) is 47.7 Å². The van der Waals surface area contributed by atoms with Gasteiger partial charge in [0.25, 0.3) is 0 Å². The molecule has 0 aliphatic rings. The van der Waals surface area contributed by atoms with Crippen molar-refractivity contribution in [2.24, 2.45) is 7.05 Å². The number of imidazole rings is 1. The van der Waals surface area contributed by atoms with Crippen molar-refractivity contribution in [3.63, 3.8) is 0 Å². The number of aryl methyl sites for hydroxylation is 1. The van der Waals surface area contributed by atoms with Crippen LogP contribution in [-0.2, 0) is 23.1 Å². The zero-order chi connectivity index (χ0) is 20.1. The minimum Gasteiger partial charge on any atom is -0.329 e. The molecular formula is C20H19ClN4O2S. The van der Waals surface area contributed by atoms with Crippen molar-refractivity contribution in [3.05, 3.63) is 65.4 Å². The second-order valence-corrected chi connectivity index (χ2v) is 7.61. The van der Waals surface area contributed by atoms with Gasteiger partial charge in [-0.25, -0.2) is 4.98 Å². The van der Waals surface area contributed by atoms with Crippen LogP contribution >= 0.6 is 23.4 Å². The summed E-state index contributed by atoms with van der Waals surface area (Å²) in [5.41, 5.74) is 2.17. The Labute approximate surface area is 172 Å². The van der Waals surface area contributed by atoms with E-state index < -0.39 is 0 Å². The van der Waals surface area contributed by atoms with Crippen molar-refractivity contribution in [2.75, 3.05) is 10.6 Å². The lowest BCUT2D eigenvalue weighted by atomic mass is 10.1. The molecule has 28 heavy (non-hydrogen) atoms. The Morgan fingerprint density at radius 2 is 1.89 bits per heavy atom. The van der Waals surface area contributed by atoms with Gasteiger partial charge in [0.1, 0.15) is 0 Å². The van der Waals surface area contributed by atoms with E-state index in [-0.39, 0.29) is 18.2 Å². The fraction of sp³-hybridized carbons (Fsp3) is 0.150. The molecule has 2 aromatic carbocycles. The third-order valence-corrected chi connectivity index (χ3v) is 5.22. The molecule has 0 aliphatic carbocycles. The van der Waals surface area contributed by atoms with Crippen LogP contribution in [0, 0.1) is 0 Å². The first-order chi connectivity index (χ1) is 13.4. The number of amides is 2. The molecule has 2 N–H and O–H groups in total. The van der Waals surface area contributed by atoms with Gasteiger partial charge in [-0.2, -0.15) is 0 Å². The van der Waals surface area contributed by atoms with Crippen LogP contribution in [-0.4, -0.2) is 21.4 Å². The van der Waals surface area contributed by atoms with Gasteiger partial charge in [0.15, 0.2) is 5.16 Å². The Bertz CT molecular complexity index is 1000. The first-order valence-electron chi connectivity index (χ1n) is 8.52. The molecule has 144 valence electrons. The summed E-state index contributed by atoms with van der Waals surface area (Å²) in [6, 6.07) is 12.5. The van der Waals surface area contributed by atoms with Crippen LogP contribution in [0.25, 0.3) is 0 Å². The number of anilines is 2. The molecule has 1 heterocycles. The summed E-state index contributed by atoms with van der Waals surface area (Å²) >= 11 is 7.57. The zero-order valence-corrected chi connectivity index (χ0v) is 17.0. The Morgan fingerprint density at radius 3 is 2.54 bits per heavy atom. The van der Waals surface area contributed by atoms with Crippen LogP contribution in [0.15, 0.2) is 64.9 Å². The van der Waals surface area contributed by atoms with Crippen molar-refractivity contribution in [2.45, 2.75) is 23.4 Å². The van der Waals surface area contributed by atoms with Crippen LogP contribution in [0.5, 0.6) is 0 Å². The van der Waals surface area contributed by atoms with E-state index in [1.807, 2.05) is 36.0 Å². The first kappa shape index (κ1) is 20.0. The van der Waals surface area contributed by atoms with Crippen LogP contribution < -0.4 is 10.6 Å². The maximum Gasteiger partial charge on any atom is 0.228 e. The molecule has 0 radical (unpaired) electrons. The number of benzene rings is 2. The molecule has 0 unspecified atom stereocenters. The van der Waals surface area contributed by atoms with E-state index in [9.17, 15) is 9.59 Å². The molecule has 8 heteroatoms. The van der Waals surface area contributed by atoms with E-state index >= 15 is 0 Å². The fourth-order valence-corrected chi connectivity index (χ4v) is 3.57. The quantitative estimate of drug-likeness (QED) is 0.628. The lowest BCUT2D eigenvalue weighted by Gasteiger charge is -2.12. The van der Waals surface area contributed by atoms with E-state index in [1.54, 1.807) is 30.5 Å². The predicted octanol–water partition coefficient (Wildman–Crippen LogP) is 4.36. The molecule has 0 aliphatic heterocycles. The van der Waals surface area contributed by atoms with Gasteiger partial charge in [-0.15, -0.1) is 0 Å². The van der Waals surface area contributed by atoms with Crippen LogP contribution in [0.4, 0.5) is 11.4 Å². The molecule has 3 rings (SSSR count). The number of halogens is 1. The zero-order valence-electron chi connectivity index (χ0n) is 15.4. The lowest BCUT2D eigenvalue weighted by Crippen LogP contribution is -2.15. The molecule has 6 nitrogen and oxygen atoms in total. The highest BCUT2D eigenvalue weighted by Crippen LogP contribution is 2.34. The molecular weight excluding hydrogens is 396 g/mol. The second kappa shape index (κ2) is 8.95. The lowest BCUT2D eigenvalue weighted by molar-refractivity contribution is -0.116. The fourth-order valence-electron chi connectivity index (χ4n) is 2.53. The molecule has 0 fully saturated rings. The predicted molar refractivity (Wildman–Crippen MR) is 112 cm³/mol. The molecule has 0 saturated heterocycles. The molecule has 2 amide bonds. The molecule has 0 bridgehead atoms. The van der Waals surface area contributed by atoms with Crippen LogP contribution in [0.2, 0.25) is 5.02 Å². The molecule has 0 spiro atoms. The number of carbonyl (C=O) groups is 2. The topological polar surface area (TPSA) is 76.0 Å². The standard InChI is InChI=1S/C20H19ClN4O2S/c1-13(26)23-16-6-3-14(4-7-16)11-19(27)24-17-12-15(21)5-8-18(17)28-20-22-9-10-25(20)2/h3-10,12H,11H2,1-2H3,(H,23,26)(H,24,27). The van der Waals surface area contributed by atoms with Gasteiger partial charge in [0, 0.05) is 42.0 Å². The highest BCUT2D eigenvalue weighted by molar-refractivity contribution is 7.99. The van der Waals surface area contributed by atoms with Crippen LogP contribution in [0.1, 0.15) is 12.5 Å². The number of hydrogen-bond acceptors (Lipinski definition) is 4. The smallest absolute Gasteiger partial charge is 0.228 e. The summed E-state index contributed by atoms with van der Waals surface area (Å²) < 4.78 is 1.90. The maximum atomic E-state index is 12.5. The SMILES string of the molecule is CC(=O)Nc1ccc(CC(=O)Nc2cc(Cl)ccc2Sc2nccn2C)cc1. The van der Waals surface area contributed by atoms with E-state index in [0.717, 1.165) is 15.6 Å². The van der Waals surface area contributed by atoms with Crippen molar-refractivity contribution >= 4 is 46.6 Å². The van der Waals surface area contributed by atoms with Gasteiger partial charge in [-0.1, -0.05) is 23.7 Å². The van der Waals surface area contributed by atoms with E-state index in [4.69, 9.17) is 11.6 Å². The molecule has 0 saturated carbocycles. The van der Waals surface area contributed by atoms with Crippen molar-refractivity contribution in [1.82, 2.24) is 9.55 Å². The Kier molecular flexibility index (Phi) is 6.38. The minimum absolute atomic E-state index is 0.135. The maximum absolute atomic E-state index is 12.5. The number of carbonyl (C=O) groups excluding carboxylic acids is 2. The number of aromatic nitrogens is 2. The van der Waals surface area contributed by atoms with Gasteiger partial charge in [0.05, 0.1) is 12.1 Å². The highest BCUT2D eigenvalue weighted by Gasteiger charge is 2.12. The second-order valence-electron chi connectivity index (χ2n) is 6.17. The van der Waals surface area contributed by atoms with E-state index in [2.05, 4.69) is 15.6 Å². The van der Waals surface area contributed by atoms with Crippen molar-refractivity contribution < 1.29 is 9.59 Å². The Balaban J connectivity index is 1.70. The number of rotatable bonds is 6. The summed E-state index contributed by atoms with van der Waals surface area (Å²) in [6.07, 6.45) is 3.79. The van der Waals surface area contributed by atoms with Gasteiger partial charge < -0.3 is 15.2 Å². The third-order valence-electron chi connectivity index (χ3n) is 3.83. The summed E-state index contributed by atoms with van der Waals surface area (Å²) in [4.78, 5) is 28.8. The Morgan fingerprint density at radius 1 is 1.14 bits per heavy atom. The summed E-state index contributed by atoms with van der Waals surface area (Å²) in [5, 5.41) is 6.98. The Hall–Kier alpha value is -2.77. The summed E-state index contributed by atoms with van der Waals surface area (Å²) in [7, 11) is 1.91. The van der Waals surface area contributed by atoms with Gasteiger partial charge in [-0.3, -0.25) is 9.59 Å². The summed E-state index contributed by atoms with van der Waals surface area (Å²) in [5.74, 6) is -0.291. The van der Waals surface area contributed by atoms with Crippen LogP contribution in [0.3, 0.4) is 0 Å². The monoisotopic (exact) mass is 414 g/mol. The molecule has 0 atom stereocenters.